The van der Waals surface area contributed by atoms with Crippen molar-refractivity contribution in [1.29, 1.82) is 0 Å². The summed E-state index contributed by atoms with van der Waals surface area (Å²) >= 11 is 1.48. The summed E-state index contributed by atoms with van der Waals surface area (Å²) in [7, 11) is 0. The first-order valence-corrected chi connectivity index (χ1v) is 7.13. The van der Waals surface area contributed by atoms with Crippen LogP contribution in [0.5, 0.6) is 0 Å². The normalized spacial score (nSPS) is 7.81. The smallest absolute Gasteiger partial charge is 0.358 e. The third-order valence-corrected chi connectivity index (χ3v) is 2.01. The molecule has 0 heterocycles. The van der Waals surface area contributed by atoms with Crippen LogP contribution in [0, 0.1) is 20.4 Å². The largest absolute Gasteiger partial charge is 0.358 e. The molecule has 0 spiro atoms. The Morgan fingerprint density at radius 3 is 2.19 bits per heavy atom. The zero-order chi connectivity index (χ0) is 12.1. The van der Waals surface area contributed by atoms with Crippen molar-refractivity contribution in [3.63, 3.8) is 0 Å². The summed E-state index contributed by atoms with van der Waals surface area (Å²) in [5.74, 6) is 0. The molecular weight excluding hydrogens is 364 g/mol. The van der Waals surface area contributed by atoms with Crippen LogP contribution < -0.4 is 0 Å². The van der Waals surface area contributed by atoms with Gasteiger partial charge in [-0.2, -0.15) is 0 Å². The minimum absolute atomic E-state index is 0. The van der Waals surface area contributed by atoms with Gasteiger partial charge in [-0.25, -0.2) is 0 Å². The Morgan fingerprint density at radius 1 is 1.19 bits per heavy atom. The maximum atomic E-state index is 3.17. The van der Waals surface area contributed by atoms with Crippen molar-refractivity contribution in [2.45, 2.75) is 34.6 Å². The Hall–Kier alpha value is -0.482. The number of hydrogen-bond acceptors (Lipinski definition) is 0. The first-order valence-electron chi connectivity index (χ1n) is 5.44. The van der Waals surface area contributed by atoms with Crippen LogP contribution in [0.15, 0.2) is 24.3 Å². The zero-order valence-electron chi connectivity index (χ0n) is 11.4. The van der Waals surface area contributed by atoms with Crippen LogP contribution in [0.1, 0.15) is 38.8 Å². The average Bonchev–Trinajstić information content (AvgIpc) is 2.33. The van der Waals surface area contributed by atoms with Crippen LogP contribution in [0.3, 0.4) is 0 Å². The summed E-state index contributed by atoms with van der Waals surface area (Å²) in [6, 6.07) is 9.22. The second kappa shape index (κ2) is 16.9. The average molecular weight is 388 g/mol. The molecule has 1 rings (SSSR count). The van der Waals surface area contributed by atoms with Crippen molar-refractivity contribution in [2.24, 2.45) is 0 Å². The van der Waals surface area contributed by atoms with Crippen molar-refractivity contribution in [3.05, 3.63) is 48.9 Å². The monoisotopic (exact) mass is 388 g/mol. The van der Waals surface area contributed by atoms with E-state index in [0.29, 0.717) is 0 Å². The van der Waals surface area contributed by atoms with E-state index in [1.165, 1.54) is 30.5 Å². The van der Waals surface area contributed by atoms with Gasteiger partial charge in [0.1, 0.15) is 0 Å². The Balaban J connectivity index is -0.000000305. The van der Waals surface area contributed by atoms with Gasteiger partial charge in [-0.1, -0.05) is 27.7 Å². The van der Waals surface area contributed by atoms with E-state index >= 15 is 0 Å². The molecule has 0 amide bonds. The fourth-order valence-electron chi connectivity index (χ4n) is 0.849. The van der Waals surface area contributed by atoms with Crippen molar-refractivity contribution in [3.8, 4) is 0 Å². The third kappa shape index (κ3) is 10.1. The van der Waals surface area contributed by atoms with Gasteiger partial charge in [0.05, 0.1) is 0 Å². The standard InChI is InChI=1S/C10H9.2C2H6.CH3.W/c1-3-6-10-8-5-4-7-9(10)2;2*1-2;;/h1,3-7H,2H3;2*1-2H3;1H3;/q-1;;;-1;/b6-3-;;;;. The summed E-state index contributed by atoms with van der Waals surface area (Å²) in [4.78, 5) is 0. The summed E-state index contributed by atoms with van der Waals surface area (Å²) in [5.41, 5.74) is 2.46. The maximum absolute atomic E-state index is 3.17. The van der Waals surface area contributed by atoms with E-state index < -0.39 is 0 Å². The molecule has 92 valence electrons. The van der Waals surface area contributed by atoms with E-state index in [1.807, 2.05) is 39.8 Å². The quantitative estimate of drug-likeness (QED) is 0.647. The molecule has 0 fully saturated rings. The number of aryl methyl sites for hydroxylation is 1. The van der Waals surface area contributed by atoms with Gasteiger partial charge in [0.2, 0.25) is 0 Å². The fraction of sp³-hybridized carbons (Fsp3) is 0.333. The Morgan fingerprint density at radius 2 is 1.75 bits per heavy atom. The zero-order valence-corrected chi connectivity index (χ0v) is 14.3. The second-order valence-electron chi connectivity index (χ2n) is 2.26. The van der Waals surface area contributed by atoms with Crippen LogP contribution in [-0.2, 0) is 19.4 Å². The number of rotatable bonds is 2. The van der Waals surface area contributed by atoms with Gasteiger partial charge in [0, 0.05) is 0 Å². The van der Waals surface area contributed by atoms with Gasteiger partial charge >= 0.3 is 78.2 Å². The molecular formula is C15H24W-2. The molecule has 1 aromatic carbocycles. The minimum atomic E-state index is 0. The molecule has 1 heteroatoms. The number of allylic oxidation sites excluding steroid dienone is 1. The van der Waals surface area contributed by atoms with Crippen LogP contribution in [0.25, 0.3) is 6.08 Å². The number of hydrogen-bond donors (Lipinski definition) is 0. The van der Waals surface area contributed by atoms with E-state index in [0.717, 1.165) is 0 Å². The summed E-state index contributed by atoms with van der Waals surface area (Å²) in [6.45, 7) is 10.1. The second-order valence-corrected chi connectivity index (χ2v) is 3.24. The first-order chi connectivity index (χ1) is 7.34. The first kappa shape index (κ1) is 20.9. The molecule has 16 heavy (non-hydrogen) atoms. The maximum Gasteiger partial charge on any atom is -0.358 e. The molecule has 0 aliphatic rings. The van der Waals surface area contributed by atoms with Gasteiger partial charge < -0.3 is 7.43 Å². The Bertz CT molecular complexity index is 275. The van der Waals surface area contributed by atoms with Crippen molar-refractivity contribution in [2.75, 3.05) is 0 Å². The summed E-state index contributed by atoms with van der Waals surface area (Å²) in [6.07, 6.45) is 4.15. The van der Waals surface area contributed by atoms with E-state index in [1.54, 1.807) is 0 Å². The van der Waals surface area contributed by atoms with Gasteiger partial charge in [0.25, 0.3) is 0 Å². The van der Waals surface area contributed by atoms with E-state index in [2.05, 4.69) is 35.6 Å². The van der Waals surface area contributed by atoms with E-state index in [4.69, 9.17) is 0 Å². The third-order valence-electron chi connectivity index (χ3n) is 1.45. The molecule has 0 N–H and O–H groups in total. The molecule has 1 aromatic rings. The van der Waals surface area contributed by atoms with Gasteiger partial charge in [0.15, 0.2) is 0 Å². The van der Waals surface area contributed by atoms with Gasteiger partial charge in [-0.15, -0.1) is 0 Å². The van der Waals surface area contributed by atoms with Gasteiger partial charge in [-0.05, 0) is 0 Å². The molecule has 0 atom stereocenters. The molecule has 0 saturated carbocycles. The van der Waals surface area contributed by atoms with Crippen molar-refractivity contribution < 1.29 is 19.4 Å². The molecule has 0 aliphatic heterocycles. The number of benzene rings is 1. The van der Waals surface area contributed by atoms with Crippen LogP contribution >= 0.6 is 0 Å². The minimum Gasteiger partial charge on any atom is -0.358 e. The predicted octanol–water partition coefficient (Wildman–Crippen LogP) is 4.66. The summed E-state index contributed by atoms with van der Waals surface area (Å²) in [5, 5.41) is 0. The van der Waals surface area contributed by atoms with Gasteiger partial charge in [-0.3, -0.25) is 0 Å². The molecule has 0 aromatic heterocycles. The topological polar surface area (TPSA) is 0 Å². The molecule has 0 radical (unpaired) electrons. The van der Waals surface area contributed by atoms with E-state index in [-0.39, 0.29) is 7.43 Å². The van der Waals surface area contributed by atoms with Crippen molar-refractivity contribution >= 4 is 10.5 Å². The SMILES string of the molecule is CC.CC.Cc1ccc[c-]c1/C=C\[CH]=[W].[CH3-]. The molecule has 0 saturated heterocycles. The molecule has 0 aliphatic carbocycles. The Labute approximate surface area is 113 Å². The molecule has 0 unspecified atom stereocenters. The van der Waals surface area contributed by atoms with Crippen molar-refractivity contribution in [1.82, 2.24) is 0 Å². The van der Waals surface area contributed by atoms with Crippen LogP contribution in [0.4, 0.5) is 0 Å². The Kier molecular flexibility index (Phi) is 22.1. The predicted molar refractivity (Wildman–Crippen MR) is 74.2 cm³/mol. The fourth-order valence-corrected chi connectivity index (χ4v) is 1.13. The molecule has 0 nitrogen and oxygen atoms in total. The van der Waals surface area contributed by atoms with Crippen LogP contribution in [0.2, 0.25) is 0 Å². The molecule has 0 bridgehead atoms. The summed E-state index contributed by atoms with van der Waals surface area (Å²) < 4.78 is 2.10. The van der Waals surface area contributed by atoms with Crippen LogP contribution in [-0.4, -0.2) is 4.40 Å². The van der Waals surface area contributed by atoms with E-state index in [9.17, 15) is 0 Å².